The summed E-state index contributed by atoms with van der Waals surface area (Å²) in [5, 5.41) is 7.17. The van der Waals surface area contributed by atoms with Crippen molar-refractivity contribution in [3.8, 4) is 0 Å². The number of nitrogens with one attached hydrogen (secondary N) is 1. The van der Waals surface area contributed by atoms with Crippen LogP contribution in [0.4, 0.5) is 5.69 Å². The SMILES string of the molecule is Nc1ccc(C(=O)NCCC[P+](c2ccccc2)(c2ccccc2)c2ccccc2)cc1. The van der Waals surface area contributed by atoms with Crippen LogP contribution in [0.1, 0.15) is 16.8 Å². The number of nitrogen functional groups attached to an aromatic ring is 1. The molecule has 0 heterocycles. The molecule has 0 aliphatic carbocycles. The quantitative estimate of drug-likeness (QED) is 0.243. The predicted molar refractivity (Wildman–Crippen MR) is 138 cm³/mol. The van der Waals surface area contributed by atoms with E-state index in [-0.39, 0.29) is 5.91 Å². The van der Waals surface area contributed by atoms with E-state index in [0.29, 0.717) is 17.8 Å². The molecule has 0 saturated carbocycles. The van der Waals surface area contributed by atoms with Gasteiger partial charge in [-0.05, 0) is 67.1 Å². The number of anilines is 1. The number of nitrogens with two attached hydrogens (primary N) is 1. The zero-order valence-electron chi connectivity index (χ0n) is 18.0. The van der Waals surface area contributed by atoms with Crippen molar-refractivity contribution in [3.05, 3.63) is 121 Å². The lowest BCUT2D eigenvalue weighted by atomic mass is 10.2. The van der Waals surface area contributed by atoms with Crippen molar-refractivity contribution in [2.24, 2.45) is 0 Å². The molecule has 3 nitrogen and oxygen atoms in total. The average Bonchev–Trinajstić information content (AvgIpc) is 2.86. The highest BCUT2D eigenvalue weighted by atomic mass is 31.2. The van der Waals surface area contributed by atoms with E-state index in [1.807, 2.05) is 0 Å². The molecule has 32 heavy (non-hydrogen) atoms. The Morgan fingerprint density at radius 3 is 1.53 bits per heavy atom. The number of hydrogen-bond acceptors (Lipinski definition) is 2. The Bertz CT molecular complexity index is 1030. The van der Waals surface area contributed by atoms with Crippen molar-refractivity contribution >= 4 is 34.8 Å². The minimum absolute atomic E-state index is 0.0620. The highest BCUT2D eigenvalue weighted by Crippen LogP contribution is 2.55. The third kappa shape index (κ3) is 4.74. The molecule has 1 amide bonds. The number of carbonyl (C=O) groups excluding carboxylic acids is 1. The number of hydrogen-bond donors (Lipinski definition) is 2. The van der Waals surface area contributed by atoms with Crippen LogP contribution in [0.2, 0.25) is 0 Å². The fourth-order valence-electron chi connectivity index (χ4n) is 4.14. The van der Waals surface area contributed by atoms with Gasteiger partial charge in [-0.1, -0.05) is 54.6 Å². The van der Waals surface area contributed by atoms with Gasteiger partial charge in [0.05, 0.1) is 6.16 Å². The fraction of sp³-hybridized carbons (Fsp3) is 0.107. The van der Waals surface area contributed by atoms with Crippen molar-refractivity contribution in [1.29, 1.82) is 0 Å². The minimum Gasteiger partial charge on any atom is -0.399 e. The van der Waals surface area contributed by atoms with E-state index in [9.17, 15) is 4.79 Å². The maximum Gasteiger partial charge on any atom is 0.251 e. The second kappa shape index (κ2) is 10.3. The molecular formula is C28H28N2OP+. The summed E-state index contributed by atoms with van der Waals surface area (Å²) in [6.45, 7) is 0.622. The summed E-state index contributed by atoms with van der Waals surface area (Å²) >= 11 is 0. The molecule has 4 aromatic carbocycles. The van der Waals surface area contributed by atoms with E-state index in [4.69, 9.17) is 5.73 Å². The summed E-state index contributed by atoms with van der Waals surface area (Å²) in [6, 6.07) is 39.5. The van der Waals surface area contributed by atoms with Crippen LogP contribution >= 0.6 is 7.26 Å². The first-order chi connectivity index (χ1) is 15.7. The van der Waals surface area contributed by atoms with Crippen molar-refractivity contribution < 1.29 is 4.79 Å². The van der Waals surface area contributed by atoms with Crippen LogP contribution in [0, 0.1) is 0 Å². The summed E-state index contributed by atoms with van der Waals surface area (Å²) in [4.78, 5) is 12.5. The second-order valence-corrected chi connectivity index (χ2v) is 11.4. The maximum absolute atomic E-state index is 12.5. The van der Waals surface area contributed by atoms with Crippen molar-refractivity contribution in [2.75, 3.05) is 18.4 Å². The van der Waals surface area contributed by atoms with Crippen LogP contribution < -0.4 is 27.0 Å². The van der Waals surface area contributed by atoms with E-state index < -0.39 is 7.26 Å². The van der Waals surface area contributed by atoms with Crippen LogP contribution in [-0.4, -0.2) is 18.6 Å². The van der Waals surface area contributed by atoms with E-state index in [2.05, 4.69) is 96.3 Å². The van der Waals surface area contributed by atoms with Gasteiger partial charge in [0.1, 0.15) is 23.2 Å². The first kappa shape index (κ1) is 21.8. The van der Waals surface area contributed by atoms with Crippen molar-refractivity contribution in [3.63, 3.8) is 0 Å². The molecule has 0 aliphatic heterocycles. The Kier molecular flexibility index (Phi) is 6.99. The third-order valence-electron chi connectivity index (χ3n) is 5.72. The summed E-state index contributed by atoms with van der Waals surface area (Å²) in [6.07, 6.45) is 1.86. The standard InChI is InChI=1S/C28H27N2OP/c29-24-19-17-23(18-20-24)28(31)30-21-10-22-32(25-11-4-1-5-12-25,26-13-6-2-7-14-26)27-15-8-3-9-16-27/h1-9,11-20H,10,21-22H2,(H2-,29,30,31)/p+1. The highest BCUT2D eigenvalue weighted by Gasteiger charge is 2.44. The first-order valence-electron chi connectivity index (χ1n) is 10.9. The summed E-state index contributed by atoms with van der Waals surface area (Å²) in [5.41, 5.74) is 7.03. The largest absolute Gasteiger partial charge is 0.399 e. The molecule has 0 unspecified atom stereocenters. The van der Waals surface area contributed by atoms with Gasteiger partial charge in [0.2, 0.25) is 0 Å². The predicted octanol–water partition coefficient (Wildman–Crippen LogP) is 4.38. The van der Waals surface area contributed by atoms with Gasteiger partial charge >= 0.3 is 0 Å². The molecule has 0 bridgehead atoms. The van der Waals surface area contributed by atoms with Crippen LogP contribution in [0.25, 0.3) is 0 Å². The number of carbonyl (C=O) groups is 1. The lowest BCUT2D eigenvalue weighted by molar-refractivity contribution is 0.0954. The molecular weight excluding hydrogens is 411 g/mol. The topological polar surface area (TPSA) is 55.1 Å². The minimum atomic E-state index is -1.86. The van der Waals surface area contributed by atoms with E-state index in [1.54, 1.807) is 24.3 Å². The zero-order valence-corrected chi connectivity index (χ0v) is 18.9. The summed E-state index contributed by atoms with van der Waals surface area (Å²) in [5.74, 6) is -0.0620. The highest BCUT2D eigenvalue weighted by molar-refractivity contribution is 7.95. The molecule has 3 N–H and O–H groups in total. The van der Waals surface area contributed by atoms with Gasteiger partial charge in [0.25, 0.3) is 5.91 Å². The van der Waals surface area contributed by atoms with Crippen LogP contribution in [0.3, 0.4) is 0 Å². The first-order valence-corrected chi connectivity index (χ1v) is 12.9. The lowest BCUT2D eigenvalue weighted by Crippen LogP contribution is -2.34. The molecule has 0 aliphatic rings. The van der Waals surface area contributed by atoms with E-state index in [1.165, 1.54) is 15.9 Å². The molecule has 4 heteroatoms. The van der Waals surface area contributed by atoms with Gasteiger partial charge in [-0.3, -0.25) is 4.79 Å². The number of amides is 1. The second-order valence-electron chi connectivity index (χ2n) is 7.77. The van der Waals surface area contributed by atoms with Gasteiger partial charge in [-0.2, -0.15) is 0 Å². The van der Waals surface area contributed by atoms with Gasteiger partial charge in [0, 0.05) is 17.8 Å². The molecule has 0 radical (unpaired) electrons. The maximum atomic E-state index is 12.5. The lowest BCUT2D eigenvalue weighted by Gasteiger charge is -2.27. The normalized spacial score (nSPS) is 11.1. The van der Waals surface area contributed by atoms with Gasteiger partial charge in [-0.25, -0.2) is 0 Å². The molecule has 160 valence electrons. The average molecular weight is 440 g/mol. The molecule has 4 aromatic rings. The van der Waals surface area contributed by atoms with Crippen LogP contribution in [0.15, 0.2) is 115 Å². The smallest absolute Gasteiger partial charge is 0.251 e. The Morgan fingerprint density at radius 1 is 0.656 bits per heavy atom. The molecule has 0 spiro atoms. The monoisotopic (exact) mass is 439 g/mol. The Hall–Kier alpha value is -3.42. The van der Waals surface area contributed by atoms with Crippen molar-refractivity contribution in [2.45, 2.75) is 6.42 Å². The van der Waals surface area contributed by atoms with Gasteiger partial charge in [-0.15, -0.1) is 0 Å². The molecule has 4 rings (SSSR count). The van der Waals surface area contributed by atoms with Gasteiger partial charge in [0.15, 0.2) is 0 Å². The van der Waals surface area contributed by atoms with Crippen LogP contribution in [0.5, 0.6) is 0 Å². The third-order valence-corrected chi connectivity index (χ3v) is 10.2. The van der Waals surface area contributed by atoms with E-state index >= 15 is 0 Å². The molecule has 0 fully saturated rings. The number of benzene rings is 4. The Morgan fingerprint density at radius 2 is 1.09 bits per heavy atom. The Labute approximate surface area is 190 Å². The van der Waals surface area contributed by atoms with Crippen molar-refractivity contribution in [1.82, 2.24) is 5.32 Å². The summed E-state index contributed by atoms with van der Waals surface area (Å²) in [7, 11) is -1.86. The van der Waals surface area contributed by atoms with E-state index in [0.717, 1.165) is 12.6 Å². The number of rotatable bonds is 8. The zero-order chi connectivity index (χ0) is 22.2. The molecule has 0 saturated heterocycles. The molecule has 0 aromatic heterocycles. The summed E-state index contributed by atoms with van der Waals surface area (Å²) < 4.78 is 0. The Balaban J connectivity index is 1.61. The fourth-order valence-corrected chi connectivity index (χ4v) is 8.48. The van der Waals surface area contributed by atoms with Crippen LogP contribution in [-0.2, 0) is 0 Å². The molecule has 0 atom stereocenters. The van der Waals surface area contributed by atoms with Gasteiger partial charge < -0.3 is 11.1 Å².